The van der Waals surface area contributed by atoms with Gasteiger partial charge in [-0.25, -0.2) is 0 Å². The average molecular weight is 259 g/mol. The largest absolute Gasteiger partial charge is 0.396 e. The number of aliphatic hydroxyl groups is 1. The van der Waals surface area contributed by atoms with E-state index < -0.39 is 0 Å². The van der Waals surface area contributed by atoms with Crippen LogP contribution in [0.5, 0.6) is 0 Å². The molecule has 1 atom stereocenters. The molecule has 0 spiro atoms. The summed E-state index contributed by atoms with van der Waals surface area (Å²) in [5.41, 5.74) is 0.721. The molecule has 0 amide bonds. The molecule has 1 fully saturated rings. The predicted octanol–water partition coefficient (Wildman–Crippen LogP) is 2.91. The van der Waals surface area contributed by atoms with Gasteiger partial charge >= 0.3 is 0 Å². The average Bonchev–Trinajstić information content (AvgIpc) is 2.24. The molecule has 1 saturated heterocycles. The molecule has 1 aliphatic rings. The Hall–Kier alpha value is 0.270. The highest BCUT2D eigenvalue weighted by molar-refractivity contribution is 7.99. The Morgan fingerprint density at radius 1 is 1.41 bits per heavy atom. The van der Waals surface area contributed by atoms with Gasteiger partial charge in [0.2, 0.25) is 0 Å². The fourth-order valence-corrected chi connectivity index (χ4v) is 3.96. The first-order valence-corrected chi connectivity index (χ1v) is 7.95. The van der Waals surface area contributed by atoms with Gasteiger partial charge in [-0.05, 0) is 35.8 Å². The summed E-state index contributed by atoms with van der Waals surface area (Å²) >= 11 is 2.07. The molecule has 1 heterocycles. The van der Waals surface area contributed by atoms with Gasteiger partial charge in [0.15, 0.2) is 0 Å². The predicted molar refractivity (Wildman–Crippen MR) is 77.6 cm³/mol. The summed E-state index contributed by atoms with van der Waals surface area (Å²) < 4.78 is 0. The number of aliphatic hydroxyl groups excluding tert-OH is 1. The molecule has 1 unspecified atom stereocenters. The van der Waals surface area contributed by atoms with Crippen LogP contribution in [0.2, 0.25) is 0 Å². The van der Waals surface area contributed by atoms with Crippen LogP contribution in [0.15, 0.2) is 0 Å². The molecule has 0 radical (unpaired) electrons. The van der Waals surface area contributed by atoms with Crippen LogP contribution in [-0.2, 0) is 0 Å². The molecule has 0 aromatic heterocycles. The number of nitrogens with one attached hydrogen (secondary N) is 1. The molecule has 2 nitrogen and oxygen atoms in total. The van der Waals surface area contributed by atoms with Crippen LogP contribution in [0.4, 0.5) is 0 Å². The van der Waals surface area contributed by atoms with E-state index in [0.717, 1.165) is 19.4 Å². The Morgan fingerprint density at radius 2 is 2.12 bits per heavy atom. The first kappa shape index (κ1) is 15.3. The van der Waals surface area contributed by atoms with E-state index in [0.29, 0.717) is 23.5 Å². The molecule has 1 aliphatic heterocycles. The van der Waals surface area contributed by atoms with E-state index in [1.54, 1.807) is 0 Å². The lowest BCUT2D eigenvalue weighted by Gasteiger charge is -2.40. The molecule has 1 rings (SSSR count). The molecule has 3 heteroatoms. The second-order valence-electron chi connectivity index (χ2n) is 6.74. The summed E-state index contributed by atoms with van der Waals surface area (Å²) in [5.74, 6) is 2.54. The van der Waals surface area contributed by atoms with Crippen LogP contribution in [0.25, 0.3) is 0 Å². The third-order valence-corrected chi connectivity index (χ3v) is 5.02. The maximum Gasteiger partial charge on any atom is 0.0431 e. The molecule has 0 saturated carbocycles. The summed E-state index contributed by atoms with van der Waals surface area (Å²) in [4.78, 5) is 0. The lowest BCUT2D eigenvalue weighted by molar-refractivity contribution is 0.197. The zero-order chi connectivity index (χ0) is 12.9. The molecule has 2 N–H and O–H groups in total. The zero-order valence-corrected chi connectivity index (χ0v) is 12.7. The third-order valence-electron chi connectivity index (χ3n) is 3.96. The van der Waals surface area contributed by atoms with Crippen LogP contribution >= 0.6 is 11.8 Å². The first-order chi connectivity index (χ1) is 7.87. The van der Waals surface area contributed by atoms with Crippen molar-refractivity contribution in [3.8, 4) is 0 Å². The van der Waals surface area contributed by atoms with E-state index in [1.807, 2.05) is 0 Å². The van der Waals surface area contributed by atoms with Gasteiger partial charge in [0.25, 0.3) is 0 Å². The van der Waals surface area contributed by atoms with Crippen LogP contribution < -0.4 is 5.32 Å². The Bertz CT molecular complexity index is 228. The molecule has 17 heavy (non-hydrogen) atoms. The minimum atomic E-state index is 0.293. The third kappa shape index (κ3) is 5.19. The molecule has 0 aromatic carbocycles. The van der Waals surface area contributed by atoms with E-state index in [1.165, 1.54) is 17.9 Å². The molecular formula is C14H29NOS. The molecule has 0 aromatic rings. The van der Waals surface area contributed by atoms with Gasteiger partial charge in [-0.1, -0.05) is 27.7 Å². The fraction of sp³-hybridized carbons (Fsp3) is 1.00. The van der Waals surface area contributed by atoms with E-state index in [4.69, 9.17) is 5.11 Å². The van der Waals surface area contributed by atoms with Crippen LogP contribution in [0, 0.1) is 10.8 Å². The van der Waals surface area contributed by atoms with Crippen molar-refractivity contribution in [1.82, 2.24) is 5.32 Å². The summed E-state index contributed by atoms with van der Waals surface area (Å²) in [6.07, 6.45) is 3.32. The lowest BCUT2D eigenvalue weighted by atomic mass is 9.81. The van der Waals surface area contributed by atoms with E-state index >= 15 is 0 Å². The molecule has 0 aliphatic carbocycles. The number of thioether (sulfide) groups is 1. The summed E-state index contributed by atoms with van der Waals surface area (Å²) in [5, 5.41) is 12.7. The Balaban J connectivity index is 2.38. The smallest absolute Gasteiger partial charge is 0.0431 e. The van der Waals surface area contributed by atoms with Crippen LogP contribution in [0.1, 0.15) is 47.0 Å². The number of hydrogen-bond acceptors (Lipinski definition) is 3. The van der Waals surface area contributed by atoms with Crippen molar-refractivity contribution in [2.45, 2.75) is 53.0 Å². The maximum absolute atomic E-state index is 8.91. The summed E-state index contributed by atoms with van der Waals surface area (Å²) in [6, 6.07) is 0.634. The van der Waals surface area contributed by atoms with Gasteiger partial charge in [-0.2, -0.15) is 11.8 Å². The van der Waals surface area contributed by atoms with Gasteiger partial charge in [0.1, 0.15) is 0 Å². The Kier molecular flexibility index (Phi) is 5.81. The first-order valence-electron chi connectivity index (χ1n) is 6.79. The molecular weight excluding hydrogens is 230 g/mol. The topological polar surface area (TPSA) is 32.3 Å². The van der Waals surface area contributed by atoms with E-state index in [2.05, 4.69) is 44.8 Å². The molecule has 0 bridgehead atoms. The van der Waals surface area contributed by atoms with Crippen molar-refractivity contribution in [1.29, 1.82) is 0 Å². The zero-order valence-electron chi connectivity index (χ0n) is 11.9. The van der Waals surface area contributed by atoms with Gasteiger partial charge in [-0.15, -0.1) is 0 Å². The van der Waals surface area contributed by atoms with E-state index in [-0.39, 0.29) is 0 Å². The highest BCUT2D eigenvalue weighted by atomic mass is 32.2. The second kappa shape index (κ2) is 6.44. The highest BCUT2D eigenvalue weighted by Crippen LogP contribution is 2.34. The lowest BCUT2D eigenvalue weighted by Crippen LogP contribution is -2.49. The van der Waals surface area contributed by atoms with Crippen molar-refractivity contribution >= 4 is 11.8 Å². The van der Waals surface area contributed by atoms with Gasteiger partial charge in [-0.3, -0.25) is 0 Å². The minimum Gasteiger partial charge on any atom is -0.396 e. The monoisotopic (exact) mass is 259 g/mol. The van der Waals surface area contributed by atoms with Crippen molar-refractivity contribution in [2.75, 3.05) is 24.7 Å². The highest BCUT2D eigenvalue weighted by Gasteiger charge is 2.33. The molecule has 102 valence electrons. The maximum atomic E-state index is 8.91. The standard InChI is InChI=1S/C14H29NOS/c1-13(2,6-5-8-16)11-15-12-10-17-9-7-14(12,3)4/h12,15-16H,5-11H2,1-4H3. The minimum absolute atomic E-state index is 0.293. The van der Waals surface area contributed by atoms with Gasteiger partial charge in [0.05, 0.1) is 0 Å². The van der Waals surface area contributed by atoms with Crippen LogP contribution in [-0.4, -0.2) is 35.8 Å². The quantitative estimate of drug-likeness (QED) is 0.769. The number of rotatable bonds is 6. The Labute approximate surface area is 111 Å². The second-order valence-corrected chi connectivity index (χ2v) is 7.89. The normalized spacial score (nSPS) is 24.9. The van der Waals surface area contributed by atoms with Crippen molar-refractivity contribution in [2.24, 2.45) is 10.8 Å². The number of hydrogen-bond donors (Lipinski definition) is 2. The summed E-state index contributed by atoms with van der Waals surface area (Å²) in [6.45, 7) is 10.7. The van der Waals surface area contributed by atoms with Crippen molar-refractivity contribution < 1.29 is 5.11 Å². The fourth-order valence-electron chi connectivity index (χ4n) is 2.32. The van der Waals surface area contributed by atoms with Crippen LogP contribution in [0.3, 0.4) is 0 Å². The Morgan fingerprint density at radius 3 is 2.71 bits per heavy atom. The van der Waals surface area contributed by atoms with E-state index in [9.17, 15) is 0 Å². The van der Waals surface area contributed by atoms with Crippen molar-refractivity contribution in [3.05, 3.63) is 0 Å². The summed E-state index contributed by atoms with van der Waals surface area (Å²) in [7, 11) is 0. The van der Waals surface area contributed by atoms with Gasteiger partial charge < -0.3 is 10.4 Å². The SMILES string of the molecule is CC(C)(CCCO)CNC1CSCCC1(C)C. The van der Waals surface area contributed by atoms with Gasteiger partial charge in [0, 0.05) is 24.9 Å². The van der Waals surface area contributed by atoms with Crippen molar-refractivity contribution in [3.63, 3.8) is 0 Å².